The Morgan fingerprint density at radius 1 is 1.08 bits per heavy atom. The zero-order chi connectivity index (χ0) is 26.7. The molecule has 2 aliphatic heterocycles. The van der Waals surface area contributed by atoms with Crippen molar-refractivity contribution in [2.45, 2.75) is 75.7 Å². The van der Waals surface area contributed by atoms with Crippen molar-refractivity contribution >= 4 is 17.0 Å². The zero-order valence-corrected chi connectivity index (χ0v) is 20.6. The fraction of sp³-hybridized carbons (Fsp3) is 0.500. The molecule has 1 N–H and O–H groups in total. The molecule has 6 atom stereocenters. The predicted molar refractivity (Wildman–Crippen MR) is 127 cm³/mol. The number of ether oxygens (including phenoxy) is 3. The van der Waals surface area contributed by atoms with Crippen LogP contribution in [0.1, 0.15) is 44.9 Å². The molecule has 3 aromatic rings. The van der Waals surface area contributed by atoms with E-state index in [2.05, 4.69) is 32.1 Å². The molecule has 2 unspecified atom stereocenters. The van der Waals surface area contributed by atoms with Crippen LogP contribution >= 0.6 is 0 Å². The molecule has 38 heavy (non-hydrogen) atoms. The average molecular weight is 532 g/mol. The van der Waals surface area contributed by atoms with E-state index in [1.807, 2.05) is 0 Å². The van der Waals surface area contributed by atoms with E-state index in [1.54, 1.807) is 36.6 Å². The van der Waals surface area contributed by atoms with Gasteiger partial charge in [0.1, 0.15) is 30.5 Å². The summed E-state index contributed by atoms with van der Waals surface area (Å²) < 4.78 is 73.6. The third-order valence-corrected chi connectivity index (χ3v) is 7.12. The number of fused-ring (bicyclic) bond motifs is 2. The Kier molecular flexibility index (Phi) is 6.05. The van der Waals surface area contributed by atoms with Crippen LogP contribution in [0.15, 0.2) is 36.9 Å². The van der Waals surface area contributed by atoms with Crippen molar-refractivity contribution in [3.63, 3.8) is 0 Å². The van der Waals surface area contributed by atoms with Gasteiger partial charge >= 0.3 is 6.18 Å². The molecule has 3 fully saturated rings. The van der Waals surface area contributed by atoms with Gasteiger partial charge in [-0.2, -0.15) is 13.2 Å². The van der Waals surface area contributed by atoms with Gasteiger partial charge in [0.25, 0.3) is 0 Å². The lowest BCUT2D eigenvalue weighted by Gasteiger charge is -2.23. The van der Waals surface area contributed by atoms with Gasteiger partial charge in [-0.05, 0) is 45.2 Å². The summed E-state index contributed by atoms with van der Waals surface area (Å²) in [6, 6.07) is 5.83. The van der Waals surface area contributed by atoms with Crippen molar-refractivity contribution in [3.05, 3.63) is 48.3 Å². The summed E-state index contributed by atoms with van der Waals surface area (Å²) in [6.07, 6.45) is -3.46. The SMILES string of the molecule is CC1(C)O[C@H]2[C@H](O1)[C@@H](C#Cc1ccccc1F)O[C@H]2n1cnc2c(NC3CCC(C(F)(F)F)C3)ncnc21. The number of imidazole rings is 1. The van der Waals surface area contributed by atoms with Crippen molar-refractivity contribution < 1.29 is 31.8 Å². The maximum Gasteiger partial charge on any atom is 0.391 e. The van der Waals surface area contributed by atoms with Crippen molar-refractivity contribution in [2.24, 2.45) is 5.92 Å². The number of hydrogen-bond acceptors (Lipinski definition) is 7. The third-order valence-electron chi connectivity index (χ3n) is 7.12. The fourth-order valence-electron chi connectivity index (χ4n) is 5.38. The van der Waals surface area contributed by atoms with Crippen LogP contribution in [0.3, 0.4) is 0 Å². The molecule has 6 rings (SSSR count). The van der Waals surface area contributed by atoms with Gasteiger partial charge in [0.05, 0.1) is 17.8 Å². The Bertz CT molecular complexity index is 1420. The number of anilines is 1. The minimum absolute atomic E-state index is 0.0200. The second-order valence-corrected chi connectivity index (χ2v) is 10.2. The number of hydrogen-bond donors (Lipinski definition) is 1. The monoisotopic (exact) mass is 531 g/mol. The quantitative estimate of drug-likeness (QED) is 0.392. The highest BCUT2D eigenvalue weighted by Crippen LogP contribution is 2.44. The van der Waals surface area contributed by atoms with E-state index in [9.17, 15) is 17.6 Å². The van der Waals surface area contributed by atoms with Crippen molar-refractivity contribution in [1.29, 1.82) is 0 Å². The Balaban J connectivity index is 1.28. The molecule has 2 saturated heterocycles. The topological polar surface area (TPSA) is 83.3 Å². The lowest BCUT2D eigenvalue weighted by molar-refractivity contribution is -0.190. The van der Waals surface area contributed by atoms with Crippen LogP contribution in [0.2, 0.25) is 0 Å². The maximum absolute atomic E-state index is 14.1. The Hall–Kier alpha value is -3.27. The van der Waals surface area contributed by atoms with Gasteiger partial charge in [-0.25, -0.2) is 19.3 Å². The van der Waals surface area contributed by atoms with Crippen LogP contribution in [0.5, 0.6) is 0 Å². The van der Waals surface area contributed by atoms with Crippen molar-refractivity contribution in [3.8, 4) is 11.8 Å². The molecule has 0 bridgehead atoms. The van der Waals surface area contributed by atoms with E-state index in [0.717, 1.165) is 0 Å². The highest BCUT2D eigenvalue weighted by Gasteiger charge is 2.56. The largest absolute Gasteiger partial charge is 0.391 e. The summed E-state index contributed by atoms with van der Waals surface area (Å²) in [5, 5.41) is 3.12. The summed E-state index contributed by atoms with van der Waals surface area (Å²) >= 11 is 0. The lowest BCUT2D eigenvalue weighted by Crippen LogP contribution is -2.28. The predicted octanol–water partition coefficient (Wildman–Crippen LogP) is 4.58. The van der Waals surface area contributed by atoms with Gasteiger partial charge in [0.2, 0.25) is 0 Å². The number of benzene rings is 1. The summed E-state index contributed by atoms with van der Waals surface area (Å²) in [5.41, 5.74) is 1.07. The minimum atomic E-state index is -4.21. The molecule has 12 heteroatoms. The molecule has 2 aromatic heterocycles. The Labute approximate surface area is 215 Å². The van der Waals surface area contributed by atoms with Crippen LogP contribution in [0.4, 0.5) is 23.4 Å². The van der Waals surface area contributed by atoms with E-state index < -0.39 is 48.2 Å². The average Bonchev–Trinajstić information content (AvgIpc) is 3.62. The van der Waals surface area contributed by atoms with Crippen LogP contribution in [-0.2, 0) is 14.2 Å². The van der Waals surface area contributed by atoms with Gasteiger partial charge < -0.3 is 19.5 Å². The minimum Gasteiger partial charge on any atom is -0.365 e. The van der Waals surface area contributed by atoms with E-state index in [1.165, 1.54) is 18.7 Å². The number of nitrogens with one attached hydrogen (secondary N) is 1. The molecular formula is C26H25F4N5O3. The number of aromatic nitrogens is 4. The number of rotatable bonds is 3. The molecular weight excluding hydrogens is 506 g/mol. The maximum atomic E-state index is 14.1. The first-order chi connectivity index (χ1) is 18.1. The second-order valence-electron chi connectivity index (χ2n) is 10.2. The van der Waals surface area contributed by atoms with Crippen molar-refractivity contribution in [2.75, 3.05) is 5.32 Å². The van der Waals surface area contributed by atoms with Gasteiger partial charge in [-0.15, -0.1) is 0 Å². The van der Waals surface area contributed by atoms with Gasteiger partial charge in [-0.1, -0.05) is 24.0 Å². The summed E-state index contributed by atoms with van der Waals surface area (Å²) in [7, 11) is 0. The first-order valence-electron chi connectivity index (χ1n) is 12.4. The fourth-order valence-corrected chi connectivity index (χ4v) is 5.38. The Morgan fingerprint density at radius 2 is 1.87 bits per heavy atom. The molecule has 1 saturated carbocycles. The highest BCUT2D eigenvalue weighted by atomic mass is 19.4. The number of nitrogens with zero attached hydrogens (tertiary/aromatic N) is 4. The van der Waals surface area contributed by atoms with E-state index >= 15 is 0 Å². The molecule has 4 heterocycles. The number of alkyl halides is 3. The molecule has 0 radical (unpaired) electrons. The molecule has 0 amide bonds. The lowest BCUT2D eigenvalue weighted by atomic mass is 10.1. The van der Waals surface area contributed by atoms with Gasteiger partial charge in [-0.3, -0.25) is 4.57 Å². The first-order valence-corrected chi connectivity index (χ1v) is 12.4. The highest BCUT2D eigenvalue weighted by molar-refractivity contribution is 5.82. The van der Waals surface area contributed by atoms with Crippen LogP contribution in [0, 0.1) is 23.6 Å². The van der Waals surface area contributed by atoms with E-state index in [0.29, 0.717) is 23.4 Å². The van der Waals surface area contributed by atoms with Gasteiger partial charge in [0, 0.05) is 6.04 Å². The van der Waals surface area contributed by atoms with Crippen LogP contribution in [0.25, 0.3) is 11.2 Å². The van der Waals surface area contributed by atoms with Crippen molar-refractivity contribution in [1.82, 2.24) is 19.5 Å². The Morgan fingerprint density at radius 3 is 2.63 bits per heavy atom. The molecule has 8 nitrogen and oxygen atoms in total. The van der Waals surface area contributed by atoms with Crippen LogP contribution in [-0.4, -0.2) is 55.8 Å². The normalized spacial score (nSPS) is 30.3. The number of halogens is 4. The summed E-state index contributed by atoms with van der Waals surface area (Å²) in [5.74, 6) is 3.51. The smallest absolute Gasteiger partial charge is 0.365 e. The first kappa shape index (κ1) is 25.0. The summed E-state index contributed by atoms with van der Waals surface area (Å²) in [6.45, 7) is 3.57. The molecule has 1 aliphatic carbocycles. The molecule has 3 aliphatic rings. The van der Waals surface area contributed by atoms with Crippen LogP contribution < -0.4 is 5.32 Å². The van der Waals surface area contributed by atoms with E-state index in [4.69, 9.17) is 14.2 Å². The molecule has 200 valence electrons. The van der Waals surface area contributed by atoms with E-state index in [-0.39, 0.29) is 24.4 Å². The second kappa shape index (κ2) is 9.18. The standard InChI is InChI=1S/C26H25F4N5O3/c1-25(2)37-20-18(10-7-14-5-3-4-6-17(14)27)36-24(21(20)38-25)35-13-33-19-22(31-12-32-23(19)35)34-16-9-8-15(11-16)26(28,29)30/h3-6,12-13,15-16,18,20-21,24H,8-9,11H2,1-2H3,(H,31,32,34)/t15?,16?,18-,20-,21+,24-/m1/s1. The van der Waals surface area contributed by atoms with Gasteiger partial charge in [0.15, 0.2) is 29.0 Å². The third kappa shape index (κ3) is 4.59. The summed E-state index contributed by atoms with van der Waals surface area (Å²) in [4.78, 5) is 13.0. The molecule has 1 aromatic carbocycles. The molecule has 0 spiro atoms. The zero-order valence-electron chi connectivity index (χ0n) is 20.6.